The molecule has 5 atom stereocenters. The second-order valence-electron chi connectivity index (χ2n) is 10.3. The first kappa shape index (κ1) is 28.8. The monoisotopic (exact) mass is 538 g/mol. The topological polar surface area (TPSA) is 92.7 Å². The van der Waals surface area contributed by atoms with Gasteiger partial charge in [-0.2, -0.15) is 0 Å². The zero-order chi connectivity index (χ0) is 28.0. The van der Waals surface area contributed by atoms with E-state index in [-0.39, 0.29) is 18.3 Å². The van der Waals surface area contributed by atoms with E-state index < -0.39 is 36.2 Å². The van der Waals surface area contributed by atoms with E-state index in [1.807, 2.05) is 69.3 Å². The Morgan fingerprint density at radius 2 is 1.85 bits per heavy atom. The molecule has 2 aromatic carbocycles. The Balaban J connectivity index is 1.77. The van der Waals surface area contributed by atoms with E-state index in [4.69, 9.17) is 28.4 Å². The van der Waals surface area contributed by atoms with Crippen molar-refractivity contribution in [3.63, 3.8) is 0 Å². The Morgan fingerprint density at radius 3 is 2.56 bits per heavy atom. The summed E-state index contributed by atoms with van der Waals surface area (Å²) in [7, 11) is 3.06. The molecule has 0 amide bonds. The van der Waals surface area contributed by atoms with Gasteiger partial charge in [-0.1, -0.05) is 54.6 Å². The molecular formula is C31H38O8. The summed E-state index contributed by atoms with van der Waals surface area (Å²) < 4.78 is 34.6. The minimum Gasteiger partial charge on any atom is -0.497 e. The zero-order valence-corrected chi connectivity index (χ0v) is 23.2. The van der Waals surface area contributed by atoms with Crippen LogP contribution in [0.2, 0.25) is 0 Å². The number of carbonyl (C=O) groups excluding carboxylic acids is 1. The van der Waals surface area contributed by atoms with Crippen molar-refractivity contribution in [2.45, 2.75) is 63.8 Å². The molecule has 2 heterocycles. The van der Waals surface area contributed by atoms with Crippen LogP contribution >= 0.6 is 0 Å². The predicted molar refractivity (Wildman–Crippen MR) is 147 cm³/mol. The van der Waals surface area contributed by atoms with Gasteiger partial charge in [0.15, 0.2) is 12.6 Å². The Bertz CT molecular complexity index is 1170. The molecule has 1 N–H and O–H groups in total. The summed E-state index contributed by atoms with van der Waals surface area (Å²) in [6.07, 6.45) is 5.99. The Morgan fingerprint density at radius 1 is 1.08 bits per heavy atom. The highest BCUT2D eigenvalue weighted by Gasteiger charge is 2.43. The van der Waals surface area contributed by atoms with E-state index >= 15 is 0 Å². The van der Waals surface area contributed by atoms with Crippen molar-refractivity contribution in [2.24, 2.45) is 5.92 Å². The molecule has 0 radical (unpaired) electrons. The standard InChI is InChI=1S/C31H38O8/c1-20-22(16-21-10-7-6-8-11-21)14-15-25(32)29-26(38-31(2,3)39-29)13-9-12-23-17-24(35-5)18-27(36-19-34-4)28(23)30(33)37-20/h6-12,14-15,17-18,20,22,25-26,29,32H,13,16,19H2,1-5H3/b12-9+,15-14-/t20-,22+,25?,26-,29+/m0/s1. The van der Waals surface area contributed by atoms with Gasteiger partial charge in [0, 0.05) is 19.1 Å². The number of aliphatic hydroxyl groups is 1. The summed E-state index contributed by atoms with van der Waals surface area (Å²) in [5, 5.41) is 11.1. The fourth-order valence-electron chi connectivity index (χ4n) is 4.94. The number of hydrogen-bond donors (Lipinski definition) is 1. The molecule has 2 aromatic rings. The lowest BCUT2D eigenvalue weighted by atomic mass is 9.92. The molecule has 0 saturated carbocycles. The highest BCUT2D eigenvalue weighted by Crippen LogP contribution is 2.35. The summed E-state index contributed by atoms with van der Waals surface area (Å²) >= 11 is 0. The number of benzene rings is 2. The van der Waals surface area contributed by atoms with Gasteiger partial charge < -0.3 is 33.5 Å². The summed E-state index contributed by atoms with van der Waals surface area (Å²) in [6, 6.07) is 13.4. The van der Waals surface area contributed by atoms with Crippen molar-refractivity contribution < 1.29 is 38.3 Å². The number of cyclic esters (lactones) is 1. The summed E-state index contributed by atoms with van der Waals surface area (Å²) in [6.45, 7) is 5.47. The molecule has 8 heteroatoms. The van der Waals surface area contributed by atoms with E-state index in [0.717, 1.165) is 5.56 Å². The lowest BCUT2D eigenvalue weighted by Gasteiger charge is -2.25. The van der Waals surface area contributed by atoms with Gasteiger partial charge in [0.25, 0.3) is 0 Å². The van der Waals surface area contributed by atoms with E-state index in [1.54, 1.807) is 25.3 Å². The van der Waals surface area contributed by atoms with Gasteiger partial charge in [0.2, 0.25) is 0 Å². The summed E-state index contributed by atoms with van der Waals surface area (Å²) in [4.78, 5) is 13.7. The third-order valence-electron chi connectivity index (χ3n) is 6.87. The number of methoxy groups -OCH3 is 2. The molecule has 0 bridgehead atoms. The van der Waals surface area contributed by atoms with Gasteiger partial charge in [-0.15, -0.1) is 0 Å². The van der Waals surface area contributed by atoms with Crippen LogP contribution in [0, 0.1) is 5.92 Å². The highest BCUT2D eigenvalue weighted by atomic mass is 16.8. The molecule has 1 saturated heterocycles. The van der Waals surface area contributed by atoms with Crippen LogP contribution < -0.4 is 9.47 Å². The largest absolute Gasteiger partial charge is 0.497 e. The van der Waals surface area contributed by atoms with Crippen LogP contribution in [0.4, 0.5) is 0 Å². The highest BCUT2D eigenvalue weighted by molar-refractivity contribution is 5.97. The van der Waals surface area contributed by atoms with Crippen molar-refractivity contribution in [1.82, 2.24) is 0 Å². The smallest absolute Gasteiger partial charge is 0.342 e. The number of hydrogen-bond acceptors (Lipinski definition) is 8. The first-order valence-electron chi connectivity index (χ1n) is 13.2. The van der Waals surface area contributed by atoms with Crippen LogP contribution in [0.25, 0.3) is 6.08 Å². The fourth-order valence-corrected chi connectivity index (χ4v) is 4.94. The maximum atomic E-state index is 13.7. The second-order valence-corrected chi connectivity index (χ2v) is 10.3. The van der Waals surface area contributed by atoms with E-state index in [0.29, 0.717) is 29.9 Å². The molecule has 39 heavy (non-hydrogen) atoms. The lowest BCUT2D eigenvalue weighted by Crippen LogP contribution is -2.34. The number of esters is 1. The van der Waals surface area contributed by atoms with Crippen molar-refractivity contribution in [2.75, 3.05) is 21.0 Å². The average molecular weight is 539 g/mol. The number of carbonyl (C=O) groups is 1. The number of fused-ring (bicyclic) bond motifs is 2. The first-order chi connectivity index (χ1) is 18.7. The third-order valence-corrected chi connectivity index (χ3v) is 6.87. The van der Waals surface area contributed by atoms with Crippen LogP contribution in [0.15, 0.2) is 60.7 Å². The van der Waals surface area contributed by atoms with Crippen LogP contribution in [0.3, 0.4) is 0 Å². The Kier molecular flexibility index (Phi) is 9.45. The second kappa shape index (κ2) is 12.8. The molecule has 1 fully saturated rings. The molecule has 0 aromatic heterocycles. The Hall–Kier alpha value is -3.17. The predicted octanol–water partition coefficient (Wildman–Crippen LogP) is 4.94. The van der Waals surface area contributed by atoms with Gasteiger partial charge in [-0.25, -0.2) is 4.79 Å². The SMILES string of the molecule is COCOc1cc(OC)cc2c1C(=O)O[C@@H](C)[C@@H](Cc1ccccc1)/C=C\C(O)[C@H]1OC(C)(C)O[C@H]1C/C=C/2. The number of ether oxygens (including phenoxy) is 6. The molecule has 4 rings (SSSR count). The molecular weight excluding hydrogens is 500 g/mol. The van der Waals surface area contributed by atoms with Gasteiger partial charge >= 0.3 is 5.97 Å². The van der Waals surface area contributed by atoms with Crippen molar-refractivity contribution in [3.05, 3.63) is 77.4 Å². The Labute approximate surface area is 230 Å². The first-order valence-corrected chi connectivity index (χ1v) is 13.2. The van der Waals surface area contributed by atoms with E-state index in [1.165, 1.54) is 7.11 Å². The summed E-state index contributed by atoms with van der Waals surface area (Å²) in [5.74, 6) is -0.775. The van der Waals surface area contributed by atoms with Crippen LogP contribution in [0.1, 0.15) is 48.7 Å². The third kappa shape index (κ3) is 7.28. The minimum atomic E-state index is -0.907. The van der Waals surface area contributed by atoms with Crippen LogP contribution in [0.5, 0.6) is 11.5 Å². The zero-order valence-electron chi connectivity index (χ0n) is 23.2. The molecule has 8 nitrogen and oxygen atoms in total. The summed E-state index contributed by atoms with van der Waals surface area (Å²) in [5.41, 5.74) is 1.93. The van der Waals surface area contributed by atoms with Crippen molar-refractivity contribution >= 4 is 12.0 Å². The maximum absolute atomic E-state index is 13.7. The minimum absolute atomic E-state index is 0.0482. The normalized spacial score (nSPS) is 28.4. The molecule has 0 aliphatic carbocycles. The lowest BCUT2D eigenvalue weighted by molar-refractivity contribution is -0.152. The average Bonchev–Trinajstić information content (AvgIpc) is 3.23. The van der Waals surface area contributed by atoms with Crippen LogP contribution in [-0.4, -0.2) is 62.3 Å². The molecule has 2 aliphatic heterocycles. The number of aliphatic hydroxyl groups excluding tert-OH is 1. The van der Waals surface area contributed by atoms with E-state index in [9.17, 15) is 9.90 Å². The quantitative estimate of drug-likeness (QED) is 0.314. The maximum Gasteiger partial charge on any atom is 0.342 e. The van der Waals surface area contributed by atoms with Gasteiger partial charge in [0.05, 0.1) is 13.2 Å². The van der Waals surface area contributed by atoms with Gasteiger partial charge in [-0.05, 0) is 50.8 Å². The number of rotatable bonds is 6. The van der Waals surface area contributed by atoms with Gasteiger partial charge in [0.1, 0.15) is 35.4 Å². The molecule has 2 aliphatic rings. The van der Waals surface area contributed by atoms with Crippen LogP contribution in [-0.2, 0) is 25.4 Å². The fraction of sp³-hybridized carbons (Fsp3) is 0.452. The van der Waals surface area contributed by atoms with E-state index in [2.05, 4.69) is 0 Å². The van der Waals surface area contributed by atoms with Gasteiger partial charge in [-0.3, -0.25) is 0 Å². The van der Waals surface area contributed by atoms with Crippen molar-refractivity contribution in [3.8, 4) is 11.5 Å². The van der Waals surface area contributed by atoms with Crippen molar-refractivity contribution in [1.29, 1.82) is 0 Å². The molecule has 1 unspecified atom stereocenters. The molecule has 210 valence electrons. The molecule has 0 spiro atoms.